The Bertz CT molecular complexity index is 813. The summed E-state index contributed by atoms with van der Waals surface area (Å²) in [6.07, 6.45) is 0.805. The first-order valence-corrected chi connectivity index (χ1v) is 8.50. The maximum absolute atomic E-state index is 5.38. The van der Waals surface area contributed by atoms with Crippen molar-refractivity contribution in [1.29, 1.82) is 0 Å². The van der Waals surface area contributed by atoms with Gasteiger partial charge in [-0.2, -0.15) is 4.98 Å². The second kappa shape index (κ2) is 6.57. The predicted molar refractivity (Wildman–Crippen MR) is 92.5 cm³/mol. The highest BCUT2D eigenvalue weighted by Crippen LogP contribution is 2.33. The number of aryl methyl sites for hydroxylation is 1. The molecule has 24 heavy (non-hydrogen) atoms. The Labute approximate surface area is 142 Å². The molecule has 1 aliphatic heterocycles. The van der Waals surface area contributed by atoms with Crippen LogP contribution in [0.1, 0.15) is 41.2 Å². The molecule has 0 radical (unpaired) electrons. The molecule has 0 amide bonds. The summed E-state index contributed by atoms with van der Waals surface area (Å²) in [5.74, 6) is 1.87. The van der Waals surface area contributed by atoms with E-state index >= 15 is 0 Å². The molecular formula is C20H21N3O. The first kappa shape index (κ1) is 15.1. The fourth-order valence-electron chi connectivity index (χ4n) is 3.46. The topological polar surface area (TPSA) is 42.2 Å². The van der Waals surface area contributed by atoms with E-state index in [0.29, 0.717) is 18.4 Å². The highest BCUT2D eigenvalue weighted by atomic mass is 16.5. The summed E-state index contributed by atoms with van der Waals surface area (Å²) in [5, 5.41) is 4.01. The Kier molecular flexibility index (Phi) is 4.13. The van der Waals surface area contributed by atoms with Gasteiger partial charge in [0.1, 0.15) is 0 Å². The minimum absolute atomic E-state index is 0.379. The van der Waals surface area contributed by atoms with Crippen LogP contribution in [0.3, 0.4) is 0 Å². The van der Waals surface area contributed by atoms with Crippen LogP contribution in [-0.4, -0.2) is 21.6 Å². The maximum atomic E-state index is 5.38. The summed E-state index contributed by atoms with van der Waals surface area (Å²) in [7, 11) is 0. The van der Waals surface area contributed by atoms with Crippen molar-refractivity contribution < 1.29 is 4.52 Å². The van der Waals surface area contributed by atoms with Crippen molar-refractivity contribution in [2.75, 3.05) is 6.54 Å². The zero-order chi connectivity index (χ0) is 16.4. The Morgan fingerprint density at radius 1 is 1.08 bits per heavy atom. The fourth-order valence-corrected chi connectivity index (χ4v) is 3.46. The second-order valence-corrected chi connectivity index (χ2v) is 6.29. The van der Waals surface area contributed by atoms with Gasteiger partial charge in [0.25, 0.3) is 0 Å². The van der Waals surface area contributed by atoms with E-state index in [9.17, 15) is 0 Å². The first-order chi connectivity index (χ1) is 11.8. The highest BCUT2D eigenvalue weighted by molar-refractivity contribution is 5.40. The lowest BCUT2D eigenvalue weighted by atomic mass is 9.85. The minimum Gasteiger partial charge on any atom is -0.338 e. The van der Waals surface area contributed by atoms with E-state index in [0.717, 1.165) is 25.3 Å². The molecule has 2 heterocycles. The lowest BCUT2D eigenvalue weighted by Gasteiger charge is -2.34. The number of benzene rings is 2. The van der Waals surface area contributed by atoms with Crippen molar-refractivity contribution in [2.24, 2.45) is 0 Å². The van der Waals surface area contributed by atoms with E-state index in [4.69, 9.17) is 4.52 Å². The third kappa shape index (κ3) is 2.97. The number of aromatic nitrogens is 2. The van der Waals surface area contributed by atoms with Crippen LogP contribution in [0, 0.1) is 0 Å². The van der Waals surface area contributed by atoms with E-state index in [2.05, 4.69) is 69.6 Å². The largest absolute Gasteiger partial charge is 0.338 e. The Balaban J connectivity index is 1.62. The maximum Gasteiger partial charge on any atom is 0.240 e. The zero-order valence-electron chi connectivity index (χ0n) is 13.9. The molecule has 1 aliphatic rings. The third-order valence-electron chi connectivity index (χ3n) is 4.65. The van der Waals surface area contributed by atoms with Crippen LogP contribution < -0.4 is 0 Å². The zero-order valence-corrected chi connectivity index (χ0v) is 13.9. The van der Waals surface area contributed by atoms with Gasteiger partial charge in [0.15, 0.2) is 5.82 Å². The molecule has 0 unspecified atom stereocenters. The van der Waals surface area contributed by atoms with E-state index in [1.54, 1.807) is 0 Å². The average Bonchev–Trinajstić information content (AvgIpc) is 3.09. The average molecular weight is 319 g/mol. The van der Waals surface area contributed by atoms with Gasteiger partial charge in [-0.15, -0.1) is 0 Å². The van der Waals surface area contributed by atoms with Gasteiger partial charge in [-0.25, -0.2) is 0 Å². The molecule has 0 N–H and O–H groups in total. The molecule has 0 saturated carbocycles. The monoisotopic (exact) mass is 319 g/mol. The summed E-state index contributed by atoms with van der Waals surface area (Å²) in [5.41, 5.74) is 4.17. The van der Waals surface area contributed by atoms with Gasteiger partial charge in [-0.3, -0.25) is 4.90 Å². The standard InChI is InChI=1S/C20H21N3O/c1-2-19-21-20(24-22-19)14-23-12-16-10-6-7-11-17(16)18(13-23)15-8-4-3-5-9-15/h3-11,18H,2,12-14H2,1H3/t18-/m0/s1. The van der Waals surface area contributed by atoms with Gasteiger partial charge in [0.05, 0.1) is 6.54 Å². The molecule has 3 aromatic rings. The Hall–Kier alpha value is -2.46. The van der Waals surface area contributed by atoms with Gasteiger partial charge in [0.2, 0.25) is 5.89 Å². The number of nitrogens with zero attached hydrogens (tertiary/aromatic N) is 3. The number of rotatable bonds is 4. The van der Waals surface area contributed by atoms with Crippen molar-refractivity contribution in [3.05, 3.63) is 83.0 Å². The molecule has 0 saturated heterocycles. The van der Waals surface area contributed by atoms with Crippen molar-refractivity contribution in [3.8, 4) is 0 Å². The lowest BCUT2D eigenvalue weighted by molar-refractivity contribution is 0.200. The van der Waals surface area contributed by atoms with Gasteiger partial charge in [0, 0.05) is 25.4 Å². The smallest absolute Gasteiger partial charge is 0.240 e. The van der Waals surface area contributed by atoms with Crippen LogP contribution in [0.2, 0.25) is 0 Å². The van der Waals surface area contributed by atoms with Crippen LogP contribution in [-0.2, 0) is 19.5 Å². The normalized spacial score (nSPS) is 17.6. The molecule has 0 aliphatic carbocycles. The summed E-state index contributed by atoms with van der Waals surface area (Å²) >= 11 is 0. The van der Waals surface area contributed by atoms with Crippen LogP contribution in [0.5, 0.6) is 0 Å². The molecule has 122 valence electrons. The van der Waals surface area contributed by atoms with E-state index in [-0.39, 0.29) is 0 Å². The van der Waals surface area contributed by atoms with Crippen LogP contribution >= 0.6 is 0 Å². The molecule has 1 aromatic heterocycles. The van der Waals surface area contributed by atoms with Gasteiger partial charge in [-0.1, -0.05) is 66.7 Å². The predicted octanol–water partition coefficient (Wildman–Crippen LogP) is 3.78. The van der Waals surface area contributed by atoms with Crippen molar-refractivity contribution in [2.45, 2.75) is 32.4 Å². The second-order valence-electron chi connectivity index (χ2n) is 6.29. The molecule has 1 atom stereocenters. The third-order valence-corrected chi connectivity index (χ3v) is 4.65. The molecule has 0 spiro atoms. The summed E-state index contributed by atoms with van der Waals surface area (Å²) in [6, 6.07) is 19.5. The number of hydrogen-bond acceptors (Lipinski definition) is 4. The molecule has 4 nitrogen and oxygen atoms in total. The van der Waals surface area contributed by atoms with E-state index in [1.165, 1.54) is 16.7 Å². The summed E-state index contributed by atoms with van der Waals surface area (Å²) < 4.78 is 5.38. The van der Waals surface area contributed by atoms with E-state index < -0.39 is 0 Å². The van der Waals surface area contributed by atoms with Crippen molar-refractivity contribution in [1.82, 2.24) is 15.0 Å². The van der Waals surface area contributed by atoms with Crippen molar-refractivity contribution in [3.63, 3.8) is 0 Å². The molecule has 0 fully saturated rings. The number of fused-ring (bicyclic) bond motifs is 1. The first-order valence-electron chi connectivity index (χ1n) is 8.50. The Morgan fingerprint density at radius 2 is 1.88 bits per heavy atom. The molecular weight excluding hydrogens is 298 g/mol. The molecule has 4 rings (SSSR count). The molecule has 4 heteroatoms. The Morgan fingerprint density at radius 3 is 2.67 bits per heavy atom. The lowest BCUT2D eigenvalue weighted by Crippen LogP contribution is -2.33. The highest BCUT2D eigenvalue weighted by Gasteiger charge is 2.27. The summed E-state index contributed by atoms with van der Waals surface area (Å²) in [4.78, 5) is 6.85. The fraction of sp³-hybridized carbons (Fsp3) is 0.300. The van der Waals surface area contributed by atoms with E-state index in [1.807, 2.05) is 6.92 Å². The van der Waals surface area contributed by atoms with Crippen LogP contribution in [0.15, 0.2) is 59.1 Å². The number of hydrogen-bond donors (Lipinski definition) is 0. The van der Waals surface area contributed by atoms with Gasteiger partial charge in [-0.05, 0) is 16.7 Å². The van der Waals surface area contributed by atoms with Crippen molar-refractivity contribution >= 4 is 0 Å². The van der Waals surface area contributed by atoms with Crippen LogP contribution in [0.4, 0.5) is 0 Å². The SMILES string of the molecule is CCc1noc(CN2Cc3ccccc3[C@H](c3ccccc3)C2)n1. The molecule has 0 bridgehead atoms. The summed E-state index contributed by atoms with van der Waals surface area (Å²) in [6.45, 7) is 4.62. The minimum atomic E-state index is 0.379. The molecule has 2 aromatic carbocycles. The quantitative estimate of drug-likeness (QED) is 0.734. The van der Waals surface area contributed by atoms with Gasteiger partial charge < -0.3 is 4.52 Å². The van der Waals surface area contributed by atoms with Gasteiger partial charge >= 0.3 is 0 Å². The van der Waals surface area contributed by atoms with Crippen LogP contribution in [0.25, 0.3) is 0 Å².